The number of benzene rings is 1. The Morgan fingerprint density at radius 2 is 1.52 bits per heavy atom. The lowest BCUT2D eigenvalue weighted by molar-refractivity contribution is -0.122. The minimum Gasteiger partial charge on any atom is -0.274 e. The van der Waals surface area contributed by atoms with Crippen molar-refractivity contribution >= 4 is 40.7 Å². The molecule has 0 aromatic heterocycles. The maximum absolute atomic E-state index is 12.6. The number of amides is 2. The van der Waals surface area contributed by atoms with Crippen molar-refractivity contribution < 1.29 is 9.59 Å². The van der Waals surface area contributed by atoms with Crippen molar-refractivity contribution in [1.29, 1.82) is 0 Å². The van der Waals surface area contributed by atoms with E-state index in [1.165, 1.54) is 16.0 Å². The molecule has 21 heavy (non-hydrogen) atoms. The van der Waals surface area contributed by atoms with Gasteiger partial charge in [-0.1, -0.05) is 34.3 Å². The molecule has 1 fully saturated rings. The van der Waals surface area contributed by atoms with Gasteiger partial charge in [0.25, 0.3) is 0 Å². The number of carbonyl (C=O) groups is 2. The fourth-order valence-corrected chi connectivity index (χ4v) is 3.51. The lowest BCUT2D eigenvalue weighted by atomic mass is 9.78. The molecule has 1 heterocycles. The summed E-state index contributed by atoms with van der Waals surface area (Å²) in [5.41, 5.74) is 2.80. The quantitative estimate of drug-likeness (QED) is 0.573. The molecule has 0 saturated carbocycles. The van der Waals surface area contributed by atoms with Crippen LogP contribution in [0.5, 0.6) is 0 Å². The van der Waals surface area contributed by atoms with Crippen LogP contribution in [0.15, 0.2) is 29.3 Å². The second kappa shape index (κ2) is 5.15. The number of imide groups is 1. The lowest BCUT2D eigenvalue weighted by Gasteiger charge is -2.23. The van der Waals surface area contributed by atoms with Crippen LogP contribution in [0.25, 0.3) is 0 Å². The lowest BCUT2D eigenvalue weighted by Crippen LogP contribution is -2.31. The minimum atomic E-state index is -0.267. The first-order valence-corrected chi connectivity index (χ1v) is 7.64. The summed E-state index contributed by atoms with van der Waals surface area (Å²) in [5, 5.41) is 0.816. The number of hydrogen-bond donors (Lipinski definition) is 0. The van der Waals surface area contributed by atoms with E-state index in [2.05, 4.69) is 0 Å². The van der Waals surface area contributed by atoms with Gasteiger partial charge in [-0.15, -0.1) is 0 Å². The summed E-state index contributed by atoms with van der Waals surface area (Å²) in [6, 6.07) is 4.82. The van der Waals surface area contributed by atoms with Gasteiger partial charge in [0.2, 0.25) is 11.8 Å². The number of anilines is 1. The van der Waals surface area contributed by atoms with E-state index in [9.17, 15) is 9.59 Å². The van der Waals surface area contributed by atoms with Crippen molar-refractivity contribution in [3.63, 3.8) is 0 Å². The summed E-state index contributed by atoms with van der Waals surface area (Å²) in [7, 11) is 0. The fraction of sp³-hybridized carbons (Fsp3) is 0.375. The molecule has 1 aliphatic heterocycles. The normalized spacial score (nSPS) is 25.6. The largest absolute Gasteiger partial charge is 0.274 e. The molecule has 1 aliphatic carbocycles. The average molecular weight is 324 g/mol. The number of hydrogen-bond acceptors (Lipinski definition) is 2. The summed E-state index contributed by atoms with van der Waals surface area (Å²) in [6.45, 7) is 4.05. The van der Waals surface area contributed by atoms with E-state index in [0.717, 1.165) is 0 Å². The van der Waals surface area contributed by atoms with Gasteiger partial charge in [0.1, 0.15) is 0 Å². The third-order valence-corrected chi connectivity index (χ3v) is 5.05. The molecule has 2 atom stereocenters. The summed E-state index contributed by atoms with van der Waals surface area (Å²) < 4.78 is 0. The van der Waals surface area contributed by atoms with Crippen molar-refractivity contribution in [1.82, 2.24) is 0 Å². The number of allylic oxidation sites excluding steroid dienone is 2. The third kappa shape index (κ3) is 2.29. The molecular formula is C16H15Cl2NO2. The Morgan fingerprint density at radius 3 is 2.05 bits per heavy atom. The van der Waals surface area contributed by atoms with Crippen LogP contribution < -0.4 is 4.90 Å². The van der Waals surface area contributed by atoms with E-state index in [0.29, 0.717) is 28.6 Å². The number of halogens is 2. The maximum atomic E-state index is 12.6. The molecule has 2 aliphatic rings. The molecule has 3 nitrogen and oxygen atoms in total. The monoisotopic (exact) mass is 323 g/mol. The van der Waals surface area contributed by atoms with Crippen molar-refractivity contribution in [3.8, 4) is 0 Å². The van der Waals surface area contributed by atoms with Gasteiger partial charge in [0, 0.05) is 5.02 Å². The van der Waals surface area contributed by atoms with E-state index in [4.69, 9.17) is 23.2 Å². The molecule has 0 radical (unpaired) electrons. The summed E-state index contributed by atoms with van der Waals surface area (Å²) in [6.07, 6.45) is 1.30. The van der Waals surface area contributed by atoms with Crippen molar-refractivity contribution in [2.75, 3.05) is 4.90 Å². The van der Waals surface area contributed by atoms with Gasteiger partial charge in [-0.2, -0.15) is 0 Å². The van der Waals surface area contributed by atoms with Gasteiger partial charge in [0.05, 0.1) is 22.5 Å². The smallest absolute Gasteiger partial charge is 0.238 e. The molecule has 1 aromatic rings. The first-order valence-electron chi connectivity index (χ1n) is 6.88. The highest BCUT2D eigenvalue weighted by Crippen LogP contribution is 2.43. The van der Waals surface area contributed by atoms with Gasteiger partial charge in [-0.3, -0.25) is 9.59 Å². The van der Waals surface area contributed by atoms with Crippen LogP contribution in [0, 0.1) is 11.8 Å². The van der Waals surface area contributed by atoms with Crippen LogP contribution in [0.4, 0.5) is 5.69 Å². The Bertz CT molecular complexity index is 649. The standard InChI is InChI=1S/C16H15Cl2NO2/c1-8-5-11-12(6-9(8)2)16(21)19(15(11)20)14-7-10(17)3-4-13(14)18/h3-4,7,11-12H,5-6H2,1-2H3/t11-,12-/m0/s1. The number of carbonyl (C=O) groups excluding carboxylic acids is 2. The molecule has 2 amide bonds. The zero-order valence-electron chi connectivity index (χ0n) is 11.8. The zero-order chi connectivity index (χ0) is 15.3. The van der Waals surface area contributed by atoms with Gasteiger partial charge >= 0.3 is 0 Å². The maximum Gasteiger partial charge on any atom is 0.238 e. The number of rotatable bonds is 1. The van der Waals surface area contributed by atoms with Crippen LogP contribution >= 0.6 is 23.2 Å². The molecule has 0 spiro atoms. The van der Waals surface area contributed by atoms with Crippen molar-refractivity contribution in [2.45, 2.75) is 26.7 Å². The molecule has 0 N–H and O–H groups in total. The SMILES string of the molecule is CC1=C(C)C[C@@H]2C(=O)N(c3cc(Cl)ccc3Cl)C(=O)[C@H]2C1. The Labute approximate surface area is 133 Å². The van der Waals surface area contributed by atoms with Gasteiger partial charge in [-0.25, -0.2) is 4.90 Å². The second-order valence-corrected chi connectivity index (χ2v) is 6.63. The molecule has 0 unspecified atom stereocenters. The summed E-state index contributed by atoms with van der Waals surface area (Å²) in [4.78, 5) is 26.5. The molecule has 1 saturated heterocycles. The van der Waals surface area contributed by atoms with Crippen LogP contribution in [-0.2, 0) is 9.59 Å². The van der Waals surface area contributed by atoms with Crippen LogP contribution in [0.3, 0.4) is 0 Å². The van der Waals surface area contributed by atoms with E-state index in [1.807, 2.05) is 13.8 Å². The molecule has 3 rings (SSSR count). The predicted molar refractivity (Wildman–Crippen MR) is 83.5 cm³/mol. The van der Waals surface area contributed by atoms with Gasteiger partial charge in [0.15, 0.2) is 0 Å². The van der Waals surface area contributed by atoms with Crippen LogP contribution in [-0.4, -0.2) is 11.8 Å². The molecule has 0 bridgehead atoms. The van der Waals surface area contributed by atoms with Crippen LogP contribution in [0.2, 0.25) is 10.0 Å². The Hall–Kier alpha value is -1.32. The molecule has 1 aromatic carbocycles. The fourth-order valence-electron chi connectivity index (χ4n) is 3.15. The predicted octanol–water partition coefficient (Wildman–Crippen LogP) is 4.23. The Kier molecular flexibility index (Phi) is 3.58. The highest BCUT2D eigenvalue weighted by Gasteiger charge is 2.50. The van der Waals surface area contributed by atoms with Crippen molar-refractivity contribution in [2.24, 2.45) is 11.8 Å². The minimum absolute atomic E-state index is 0.166. The van der Waals surface area contributed by atoms with E-state index in [1.54, 1.807) is 18.2 Å². The van der Waals surface area contributed by atoms with Gasteiger partial charge in [-0.05, 0) is 44.9 Å². The number of nitrogens with zero attached hydrogens (tertiary/aromatic N) is 1. The number of fused-ring (bicyclic) bond motifs is 1. The average Bonchev–Trinajstić information content (AvgIpc) is 2.66. The van der Waals surface area contributed by atoms with Gasteiger partial charge < -0.3 is 0 Å². The molecular weight excluding hydrogens is 309 g/mol. The summed E-state index contributed by atoms with van der Waals surface area (Å²) in [5.74, 6) is -0.866. The second-order valence-electron chi connectivity index (χ2n) is 5.79. The zero-order valence-corrected chi connectivity index (χ0v) is 13.3. The third-order valence-electron chi connectivity index (χ3n) is 4.49. The van der Waals surface area contributed by atoms with E-state index < -0.39 is 0 Å². The highest BCUT2D eigenvalue weighted by atomic mass is 35.5. The van der Waals surface area contributed by atoms with E-state index >= 15 is 0 Å². The summed E-state index contributed by atoms with van der Waals surface area (Å²) >= 11 is 12.1. The topological polar surface area (TPSA) is 37.4 Å². The van der Waals surface area contributed by atoms with Crippen LogP contribution in [0.1, 0.15) is 26.7 Å². The van der Waals surface area contributed by atoms with Crippen molar-refractivity contribution in [3.05, 3.63) is 39.4 Å². The Morgan fingerprint density at radius 1 is 1.00 bits per heavy atom. The van der Waals surface area contributed by atoms with E-state index in [-0.39, 0.29) is 23.7 Å². The Balaban J connectivity index is 2.02. The first-order chi connectivity index (χ1) is 9.90. The highest BCUT2D eigenvalue weighted by molar-refractivity contribution is 6.37. The molecule has 110 valence electrons. The molecule has 5 heteroatoms. The first kappa shape index (κ1) is 14.6.